The van der Waals surface area contributed by atoms with Gasteiger partial charge in [0.1, 0.15) is 6.54 Å². The van der Waals surface area contributed by atoms with E-state index in [0.717, 1.165) is 0 Å². The number of nitrogens with zero attached hydrogens (tertiary/aromatic N) is 3. The Balaban J connectivity index is 3.22. The lowest BCUT2D eigenvalue weighted by Gasteiger charge is -2.20. The van der Waals surface area contributed by atoms with Gasteiger partial charge in [0.25, 0.3) is 0 Å². The summed E-state index contributed by atoms with van der Waals surface area (Å²) < 4.78 is 0. The summed E-state index contributed by atoms with van der Waals surface area (Å²) in [5.41, 5.74) is 0.337. The predicted octanol–water partition coefficient (Wildman–Crippen LogP) is 1.60. The van der Waals surface area contributed by atoms with Gasteiger partial charge < -0.3 is 10.0 Å². The number of carboxylic acids is 1. The standard InChI is InChI=1S/C11H15N3O4/c1-3-6-13(7-9(15)16)11-10(14(17)18)8(2)4-5-12-11/h4-5H,3,6-7H2,1-2H3,(H,15,16). The molecule has 0 bridgehead atoms. The highest BCUT2D eigenvalue weighted by molar-refractivity contribution is 5.75. The van der Waals surface area contributed by atoms with Crippen LogP contribution in [0.5, 0.6) is 0 Å². The van der Waals surface area contributed by atoms with Gasteiger partial charge in [-0.2, -0.15) is 0 Å². The predicted molar refractivity (Wildman–Crippen MR) is 65.8 cm³/mol. The maximum Gasteiger partial charge on any atom is 0.323 e. The van der Waals surface area contributed by atoms with Crippen molar-refractivity contribution in [3.63, 3.8) is 0 Å². The highest BCUT2D eigenvalue weighted by atomic mass is 16.6. The third kappa shape index (κ3) is 3.16. The van der Waals surface area contributed by atoms with Crippen LogP contribution in [-0.4, -0.2) is 34.1 Å². The summed E-state index contributed by atoms with van der Waals surface area (Å²) in [5.74, 6) is -0.926. The van der Waals surface area contributed by atoms with Crippen LogP contribution in [0.25, 0.3) is 0 Å². The van der Waals surface area contributed by atoms with Gasteiger partial charge in [-0.25, -0.2) is 4.98 Å². The molecule has 0 saturated carbocycles. The number of aryl methyl sites for hydroxylation is 1. The SMILES string of the molecule is CCCN(CC(=O)O)c1nccc(C)c1[N+](=O)[O-]. The van der Waals surface area contributed by atoms with E-state index in [-0.39, 0.29) is 18.1 Å². The Morgan fingerprint density at radius 1 is 1.61 bits per heavy atom. The van der Waals surface area contributed by atoms with Crippen LogP contribution in [0.4, 0.5) is 11.5 Å². The van der Waals surface area contributed by atoms with Crippen molar-refractivity contribution >= 4 is 17.5 Å². The van der Waals surface area contributed by atoms with Crippen molar-refractivity contribution in [2.75, 3.05) is 18.0 Å². The Bertz CT molecular complexity index is 462. The number of pyridine rings is 1. The van der Waals surface area contributed by atoms with Gasteiger partial charge in [-0.05, 0) is 19.4 Å². The van der Waals surface area contributed by atoms with Gasteiger partial charge in [-0.3, -0.25) is 14.9 Å². The molecule has 0 radical (unpaired) electrons. The topological polar surface area (TPSA) is 96.6 Å². The minimum absolute atomic E-state index is 0.115. The molecule has 0 amide bonds. The second-order valence-electron chi connectivity index (χ2n) is 3.87. The molecule has 7 nitrogen and oxygen atoms in total. The first kappa shape index (κ1) is 13.9. The first-order valence-electron chi connectivity index (χ1n) is 5.54. The minimum Gasteiger partial charge on any atom is -0.480 e. The van der Waals surface area contributed by atoms with E-state index < -0.39 is 10.9 Å². The second kappa shape index (κ2) is 5.95. The van der Waals surface area contributed by atoms with Crippen molar-refractivity contribution in [3.8, 4) is 0 Å². The van der Waals surface area contributed by atoms with Crippen LogP contribution in [-0.2, 0) is 4.79 Å². The smallest absolute Gasteiger partial charge is 0.323 e. The van der Waals surface area contributed by atoms with Gasteiger partial charge in [-0.15, -0.1) is 0 Å². The zero-order valence-electron chi connectivity index (χ0n) is 10.3. The van der Waals surface area contributed by atoms with Gasteiger partial charge in [0.2, 0.25) is 5.82 Å². The van der Waals surface area contributed by atoms with Gasteiger partial charge in [0, 0.05) is 18.3 Å². The van der Waals surface area contributed by atoms with Crippen LogP contribution in [0.15, 0.2) is 12.3 Å². The third-order valence-corrected chi connectivity index (χ3v) is 2.41. The normalized spacial score (nSPS) is 10.1. The molecule has 1 aromatic heterocycles. The molecule has 0 fully saturated rings. The number of hydrogen-bond acceptors (Lipinski definition) is 5. The molecule has 7 heteroatoms. The number of carbonyl (C=O) groups is 1. The zero-order valence-corrected chi connectivity index (χ0v) is 10.3. The number of nitro groups is 1. The van der Waals surface area contributed by atoms with Gasteiger partial charge in [-0.1, -0.05) is 6.92 Å². The molecule has 0 unspecified atom stereocenters. The Morgan fingerprint density at radius 2 is 2.28 bits per heavy atom. The molecule has 0 atom stereocenters. The van der Waals surface area contributed by atoms with Gasteiger partial charge >= 0.3 is 11.7 Å². The van der Waals surface area contributed by atoms with E-state index in [1.807, 2.05) is 6.92 Å². The molecule has 0 aliphatic heterocycles. The maximum absolute atomic E-state index is 11.0. The monoisotopic (exact) mass is 253 g/mol. The zero-order chi connectivity index (χ0) is 13.7. The summed E-state index contributed by atoms with van der Waals surface area (Å²) in [6, 6.07) is 1.53. The molecule has 1 N–H and O–H groups in total. The van der Waals surface area contributed by atoms with E-state index in [9.17, 15) is 14.9 Å². The lowest BCUT2D eigenvalue weighted by molar-refractivity contribution is -0.384. The summed E-state index contributed by atoms with van der Waals surface area (Å²) in [5, 5.41) is 19.9. The Morgan fingerprint density at radius 3 is 2.78 bits per heavy atom. The summed E-state index contributed by atoms with van der Waals surface area (Å²) in [6.45, 7) is 3.58. The fourth-order valence-electron chi connectivity index (χ4n) is 1.69. The van der Waals surface area contributed by atoms with E-state index >= 15 is 0 Å². The van der Waals surface area contributed by atoms with Crippen LogP contribution in [0, 0.1) is 17.0 Å². The first-order valence-corrected chi connectivity index (χ1v) is 5.54. The summed E-state index contributed by atoms with van der Waals surface area (Å²) >= 11 is 0. The summed E-state index contributed by atoms with van der Waals surface area (Å²) in [7, 11) is 0. The molecular formula is C11H15N3O4. The minimum atomic E-state index is -1.04. The average molecular weight is 253 g/mol. The Labute approximate surface area is 104 Å². The van der Waals surface area contributed by atoms with Crippen molar-refractivity contribution in [3.05, 3.63) is 27.9 Å². The molecule has 18 heavy (non-hydrogen) atoms. The van der Waals surface area contributed by atoms with Crippen molar-refractivity contribution in [2.45, 2.75) is 20.3 Å². The molecule has 0 aliphatic carbocycles. The molecule has 98 valence electrons. The highest BCUT2D eigenvalue weighted by Gasteiger charge is 2.24. The molecule has 1 rings (SSSR count). The van der Waals surface area contributed by atoms with E-state index in [0.29, 0.717) is 18.5 Å². The van der Waals surface area contributed by atoms with E-state index in [2.05, 4.69) is 4.98 Å². The third-order valence-electron chi connectivity index (χ3n) is 2.41. The Kier molecular flexibility index (Phi) is 4.59. The number of rotatable bonds is 6. The highest BCUT2D eigenvalue weighted by Crippen LogP contribution is 2.28. The molecule has 0 saturated heterocycles. The van der Waals surface area contributed by atoms with E-state index in [4.69, 9.17) is 5.11 Å². The second-order valence-corrected chi connectivity index (χ2v) is 3.87. The number of hydrogen-bond donors (Lipinski definition) is 1. The van der Waals surface area contributed by atoms with Crippen molar-refractivity contribution < 1.29 is 14.8 Å². The number of carboxylic acid groups (broad SMARTS) is 1. The average Bonchev–Trinajstić information content (AvgIpc) is 2.27. The van der Waals surface area contributed by atoms with Gasteiger partial charge in [0.05, 0.1) is 4.92 Å². The van der Waals surface area contributed by atoms with Crippen molar-refractivity contribution in [2.24, 2.45) is 0 Å². The molecular weight excluding hydrogens is 238 g/mol. The fraction of sp³-hybridized carbons (Fsp3) is 0.455. The number of anilines is 1. The summed E-state index contributed by atoms with van der Waals surface area (Å²) in [4.78, 5) is 26.7. The number of aromatic nitrogens is 1. The van der Waals surface area contributed by atoms with Crippen LogP contribution in [0.1, 0.15) is 18.9 Å². The lowest BCUT2D eigenvalue weighted by atomic mass is 10.2. The van der Waals surface area contributed by atoms with Crippen LogP contribution in [0.2, 0.25) is 0 Å². The van der Waals surface area contributed by atoms with Crippen molar-refractivity contribution in [1.82, 2.24) is 4.98 Å². The molecule has 0 aliphatic rings. The molecule has 1 aromatic rings. The lowest BCUT2D eigenvalue weighted by Crippen LogP contribution is -2.31. The molecule has 1 heterocycles. The largest absolute Gasteiger partial charge is 0.480 e. The first-order chi connectivity index (χ1) is 8.47. The molecule has 0 aromatic carbocycles. The molecule has 0 spiro atoms. The van der Waals surface area contributed by atoms with Crippen LogP contribution < -0.4 is 4.90 Å². The Hall–Kier alpha value is -2.18. The fourth-order valence-corrected chi connectivity index (χ4v) is 1.69. The van der Waals surface area contributed by atoms with Gasteiger partial charge in [0.15, 0.2) is 0 Å². The quantitative estimate of drug-likeness (QED) is 0.611. The van der Waals surface area contributed by atoms with Crippen LogP contribution >= 0.6 is 0 Å². The van der Waals surface area contributed by atoms with Crippen LogP contribution in [0.3, 0.4) is 0 Å². The maximum atomic E-state index is 11.0. The number of aliphatic carboxylic acids is 1. The summed E-state index contributed by atoms with van der Waals surface area (Å²) in [6.07, 6.45) is 2.13. The van der Waals surface area contributed by atoms with E-state index in [1.54, 1.807) is 6.92 Å². The van der Waals surface area contributed by atoms with E-state index in [1.165, 1.54) is 17.2 Å². The van der Waals surface area contributed by atoms with Crippen molar-refractivity contribution in [1.29, 1.82) is 0 Å².